The fourth-order valence-electron chi connectivity index (χ4n) is 4.58. The van der Waals surface area contributed by atoms with Gasteiger partial charge in [-0.05, 0) is 54.8 Å². The van der Waals surface area contributed by atoms with E-state index in [1.54, 1.807) is 0 Å². The summed E-state index contributed by atoms with van der Waals surface area (Å²) < 4.78 is 0. The summed E-state index contributed by atoms with van der Waals surface area (Å²) in [6, 6.07) is 0. The largest absolute Gasteiger partial charge is 0.481 e. The average Bonchev–Trinajstić information content (AvgIpc) is 2.62. The van der Waals surface area contributed by atoms with Crippen molar-refractivity contribution in [2.24, 2.45) is 22.7 Å². The van der Waals surface area contributed by atoms with Gasteiger partial charge in [-0.15, -0.1) is 0 Å². The highest BCUT2D eigenvalue weighted by Crippen LogP contribution is 2.67. The quantitative estimate of drug-likeness (QED) is 0.790. The minimum Gasteiger partial charge on any atom is -0.481 e. The van der Waals surface area contributed by atoms with Gasteiger partial charge in [-0.3, -0.25) is 4.79 Å². The molecular formula is C14H24O2. The Morgan fingerprint density at radius 3 is 2.56 bits per heavy atom. The first-order valence-corrected chi connectivity index (χ1v) is 6.58. The lowest BCUT2D eigenvalue weighted by Gasteiger charge is -2.43. The van der Waals surface area contributed by atoms with Gasteiger partial charge in [-0.2, -0.15) is 0 Å². The van der Waals surface area contributed by atoms with E-state index in [1.807, 2.05) is 0 Å². The Bertz CT molecular complexity index is 290. The number of hydrogen-bond acceptors (Lipinski definition) is 1. The summed E-state index contributed by atoms with van der Waals surface area (Å²) in [5, 5.41) is 8.71. The van der Waals surface area contributed by atoms with E-state index in [-0.39, 0.29) is 0 Å². The third-order valence-corrected chi connectivity index (χ3v) is 5.45. The lowest BCUT2D eigenvalue weighted by molar-refractivity contribution is -0.137. The van der Waals surface area contributed by atoms with E-state index in [0.717, 1.165) is 24.7 Å². The number of aliphatic carboxylic acids is 1. The van der Waals surface area contributed by atoms with Crippen molar-refractivity contribution < 1.29 is 9.90 Å². The van der Waals surface area contributed by atoms with Crippen LogP contribution in [0.3, 0.4) is 0 Å². The summed E-state index contributed by atoms with van der Waals surface area (Å²) in [7, 11) is 0. The zero-order valence-corrected chi connectivity index (χ0v) is 10.8. The van der Waals surface area contributed by atoms with Crippen LogP contribution in [0.15, 0.2) is 0 Å². The van der Waals surface area contributed by atoms with Crippen LogP contribution >= 0.6 is 0 Å². The summed E-state index contributed by atoms with van der Waals surface area (Å²) in [6.07, 6.45) is 6.42. The van der Waals surface area contributed by atoms with E-state index in [2.05, 4.69) is 20.8 Å². The van der Waals surface area contributed by atoms with Crippen molar-refractivity contribution in [3.05, 3.63) is 0 Å². The molecule has 0 aromatic rings. The highest BCUT2D eigenvalue weighted by Gasteiger charge is 2.58. The van der Waals surface area contributed by atoms with Gasteiger partial charge in [0.25, 0.3) is 0 Å². The standard InChI is InChI=1S/C14H24O2/c1-13(2)10-7-8-14(3,9-10)11(13)5-4-6-12(15)16/h10-11H,4-9H2,1-3H3,(H,15,16). The number of carboxylic acids is 1. The molecule has 0 radical (unpaired) electrons. The number of fused-ring (bicyclic) bond motifs is 2. The van der Waals surface area contributed by atoms with Crippen LogP contribution in [0, 0.1) is 22.7 Å². The van der Waals surface area contributed by atoms with Gasteiger partial charge in [-0.1, -0.05) is 20.8 Å². The summed E-state index contributed by atoms with van der Waals surface area (Å²) in [5.41, 5.74) is 0.943. The van der Waals surface area contributed by atoms with Crippen LogP contribution in [0.2, 0.25) is 0 Å². The molecule has 3 unspecified atom stereocenters. The minimum atomic E-state index is -0.647. The lowest BCUT2D eigenvalue weighted by Crippen LogP contribution is -2.35. The van der Waals surface area contributed by atoms with E-state index in [9.17, 15) is 4.79 Å². The minimum absolute atomic E-state index is 0.341. The molecule has 2 fully saturated rings. The second-order valence-corrected chi connectivity index (χ2v) is 6.75. The zero-order valence-electron chi connectivity index (χ0n) is 10.8. The van der Waals surface area contributed by atoms with Crippen LogP contribution in [-0.4, -0.2) is 11.1 Å². The van der Waals surface area contributed by atoms with E-state index >= 15 is 0 Å². The van der Waals surface area contributed by atoms with Gasteiger partial charge in [-0.25, -0.2) is 0 Å². The molecule has 16 heavy (non-hydrogen) atoms. The van der Waals surface area contributed by atoms with Crippen LogP contribution in [0.4, 0.5) is 0 Å². The maximum absolute atomic E-state index is 10.6. The molecule has 2 rings (SSSR count). The molecule has 0 saturated heterocycles. The normalized spacial score (nSPS) is 40.2. The van der Waals surface area contributed by atoms with Crippen molar-refractivity contribution >= 4 is 5.97 Å². The number of hydrogen-bond donors (Lipinski definition) is 1. The van der Waals surface area contributed by atoms with Gasteiger partial charge in [0, 0.05) is 6.42 Å². The Labute approximate surface area is 98.4 Å². The van der Waals surface area contributed by atoms with E-state index in [1.165, 1.54) is 19.3 Å². The maximum Gasteiger partial charge on any atom is 0.303 e. The molecule has 2 bridgehead atoms. The molecule has 2 heteroatoms. The van der Waals surface area contributed by atoms with E-state index < -0.39 is 5.97 Å². The Kier molecular flexibility index (Phi) is 2.80. The molecule has 0 aromatic heterocycles. The van der Waals surface area contributed by atoms with Crippen LogP contribution in [0.5, 0.6) is 0 Å². The molecule has 0 aromatic carbocycles. The van der Waals surface area contributed by atoms with Gasteiger partial charge < -0.3 is 5.11 Å². The predicted molar refractivity (Wildman–Crippen MR) is 64.2 cm³/mol. The molecule has 3 atom stereocenters. The molecule has 2 aliphatic rings. The molecule has 0 aliphatic heterocycles. The van der Waals surface area contributed by atoms with Gasteiger partial charge in [0.15, 0.2) is 0 Å². The number of rotatable bonds is 4. The third kappa shape index (κ3) is 1.76. The van der Waals surface area contributed by atoms with Gasteiger partial charge in [0.05, 0.1) is 0 Å². The molecule has 0 spiro atoms. The fraction of sp³-hybridized carbons (Fsp3) is 0.929. The van der Waals surface area contributed by atoms with Gasteiger partial charge >= 0.3 is 5.97 Å². The summed E-state index contributed by atoms with van der Waals surface area (Å²) in [5.74, 6) is 0.969. The molecule has 2 aliphatic carbocycles. The van der Waals surface area contributed by atoms with Gasteiger partial charge in [0.2, 0.25) is 0 Å². The molecule has 0 amide bonds. The lowest BCUT2D eigenvalue weighted by atomic mass is 9.62. The first kappa shape index (κ1) is 11.9. The van der Waals surface area contributed by atoms with Crippen molar-refractivity contribution in [1.82, 2.24) is 0 Å². The number of carbonyl (C=O) groups is 1. The first-order valence-electron chi connectivity index (χ1n) is 6.58. The Hall–Kier alpha value is -0.530. The number of carboxylic acid groups (broad SMARTS) is 1. The van der Waals surface area contributed by atoms with Crippen molar-refractivity contribution in [2.45, 2.75) is 59.3 Å². The molecular weight excluding hydrogens is 200 g/mol. The second-order valence-electron chi connectivity index (χ2n) is 6.75. The van der Waals surface area contributed by atoms with E-state index in [0.29, 0.717) is 17.3 Å². The molecule has 2 nitrogen and oxygen atoms in total. The molecule has 92 valence electrons. The monoisotopic (exact) mass is 224 g/mol. The van der Waals surface area contributed by atoms with Gasteiger partial charge in [0.1, 0.15) is 0 Å². The van der Waals surface area contributed by atoms with Crippen LogP contribution in [0.1, 0.15) is 59.3 Å². The SMILES string of the molecule is CC12CCC(C1)C(C)(C)C2CCCC(=O)O. The average molecular weight is 224 g/mol. The Morgan fingerprint density at radius 1 is 1.38 bits per heavy atom. The highest BCUT2D eigenvalue weighted by molar-refractivity contribution is 5.66. The first-order chi connectivity index (χ1) is 7.36. The van der Waals surface area contributed by atoms with Crippen molar-refractivity contribution in [1.29, 1.82) is 0 Å². The third-order valence-electron chi connectivity index (χ3n) is 5.45. The maximum atomic E-state index is 10.6. The van der Waals surface area contributed by atoms with Crippen LogP contribution in [-0.2, 0) is 4.79 Å². The van der Waals surface area contributed by atoms with Crippen LogP contribution in [0.25, 0.3) is 0 Å². The Morgan fingerprint density at radius 2 is 2.06 bits per heavy atom. The molecule has 0 heterocycles. The Balaban J connectivity index is 2.00. The molecule has 1 N–H and O–H groups in total. The topological polar surface area (TPSA) is 37.3 Å². The fourth-order valence-corrected chi connectivity index (χ4v) is 4.58. The zero-order chi connectivity index (χ0) is 12.0. The smallest absolute Gasteiger partial charge is 0.303 e. The van der Waals surface area contributed by atoms with Crippen molar-refractivity contribution in [3.8, 4) is 0 Å². The summed E-state index contributed by atoms with van der Waals surface area (Å²) in [6.45, 7) is 7.22. The van der Waals surface area contributed by atoms with Crippen LogP contribution < -0.4 is 0 Å². The highest BCUT2D eigenvalue weighted by atomic mass is 16.4. The predicted octanol–water partition coefficient (Wildman–Crippen LogP) is 3.70. The van der Waals surface area contributed by atoms with Crippen molar-refractivity contribution in [3.63, 3.8) is 0 Å². The second kappa shape index (κ2) is 3.75. The summed E-state index contributed by atoms with van der Waals surface area (Å²) >= 11 is 0. The molecule has 2 saturated carbocycles. The van der Waals surface area contributed by atoms with E-state index in [4.69, 9.17) is 5.11 Å². The summed E-state index contributed by atoms with van der Waals surface area (Å²) in [4.78, 5) is 10.6. The van der Waals surface area contributed by atoms with Crippen molar-refractivity contribution in [2.75, 3.05) is 0 Å².